The largest absolute Gasteiger partial charge is 0.449 e. The number of carbonyl (C=O) groups excluding carboxylic acids is 2. The maximum Gasteiger partial charge on any atom is 0.407 e. The van der Waals surface area contributed by atoms with E-state index in [1.165, 1.54) is 34.0 Å². The molecule has 3 atom stereocenters. The highest BCUT2D eigenvalue weighted by atomic mass is 32.2. The monoisotopic (exact) mass is 613 g/mol. The highest BCUT2D eigenvalue weighted by Crippen LogP contribution is 2.53. The lowest BCUT2D eigenvalue weighted by atomic mass is 9.71. The molecule has 6 rings (SSSR count). The highest BCUT2D eigenvalue weighted by Gasteiger charge is 2.61. The SMILES string of the molecule is CC(C)(C)SC(=O)C1([C@@H]2O[C@@H]2[C@H](COCc2ccccc2)NC(=O)OCC2c3ccccc3-c3ccccc32)CCCCC1. The van der Waals surface area contributed by atoms with Crippen molar-refractivity contribution in [3.05, 3.63) is 95.6 Å². The van der Waals surface area contributed by atoms with Gasteiger partial charge in [0.1, 0.15) is 12.7 Å². The van der Waals surface area contributed by atoms with E-state index in [0.717, 1.165) is 37.7 Å². The minimum Gasteiger partial charge on any atom is -0.449 e. The lowest BCUT2D eigenvalue weighted by Gasteiger charge is -2.36. The maximum absolute atomic E-state index is 13.8. The Morgan fingerprint density at radius 2 is 1.52 bits per heavy atom. The third-order valence-electron chi connectivity index (χ3n) is 9.07. The van der Waals surface area contributed by atoms with Crippen molar-refractivity contribution in [1.82, 2.24) is 5.32 Å². The molecule has 2 fully saturated rings. The molecule has 1 aliphatic heterocycles. The van der Waals surface area contributed by atoms with Gasteiger partial charge in [-0.1, -0.05) is 131 Å². The zero-order valence-electron chi connectivity index (χ0n) is 25.9. The minimum absolute atomic E-state index is 0.0246. The van der Waals surface area contributed by atoms with Crippen LogP contribution in [0.3, 0.4) is 0 Å². The van der Waals surface area contributed by atoms with Crippen LogP contribution in [-0.2, 0) is 25.6 Å². The van der Waals surface area contributed by atoms with Crippen molar-refractivity contribution >= 4 is 23.0 Å². The van der Waals surface area contributed by atoms with E-state index in [1.807, 2.05) is 54.6 Å². The van der Waals surface area contributed by atoms with E-state index in [0.29, 0.717) is 6.61 Å². The van der Waals surface area contributed by atoms with E-state index < -0.39 is 17.6 Å². The molecule has 7 heteroatoms. The fraction of sp³-hybridized carbons (Fsp3) is 0.459. The summed E-state index contributed by atoms with van der Waals surface area (Å²) in [7, 11) is 0. The van der Waals surface area contributed by atoms with Crippen LogP contribution in [-0.4, -0.2) is 47.4 Å². The smallest absolute Gasteiger partial charge is 0.407 e. The van der Waals surface area contributed by atoms with Crippen LogP contribution in [0.4, 0.5) is 4.79 Å². The Balaban J connectivity index is 1.15. The molecule has 44 heavy (non-hydrogen) atoms. The first kappa shape index (κ1) is 30.9. The topological polar surface area (TPSA) is 77.2 Å². The van der Waals surface area contributed by atoms with E-state index in [1.54, 1.807) is 0 Å². The Morgan fingerprint density at radius 1 is 0.909 bits per heavy atom. The molecule has 1 saturated carbocycles. The number of carbonyl (C=O) groups is 2. The first-order chi connectivity index (χ1) is 21.2. The van der Waals surface area contributed by atoms with Gasteiger partial charge >= 0.3 is 6.09 Å². The molecule has 0 radical (unpaired) electrons. The number of benzene rings is 3. The molecule has 6 nitrogen and oxygen atoms in total. The molecule has 0 spiro atoms. The summed E-state index contributed by atoms with van der Waals surface area (Å²) in [6.45, 7) is 7.15. The summed E-state index contributed by atoms with van der Waals surface area (Å²) in [6, 6.07) is 26.2. The fourth-order valence-electron chi connectivity index (χ4n) is 6.93. The van der Waals surface area contributed by atoms with Gasteiger partial charge in [-0.15, -0.1) is 0 Å². The predicted octanol–water partition coefficient (Wildman–Crippen LogP) is 7.89. The van der Waals surface area contributed by atoms with Gasteiger partial charge in [0.2, 0.25) is 0 Å². The van der Waals surface area contributed by atoms with Crippen molar-refractivity contribution in [2.75, 3.05) is 13.2 Å². The molecule has 3 aliphatic rings. The molecule has 1 heterocycles. The van der Waals surface area contributed by atoms with E-state index in [4.69, 9.17) is 14.2 Å². The Labute approximate surface area is 265 Å². The number of nitrogens with one attached hydrogen (secondary N) is 1. The second-order valence-electron chi connectivity index (χ2n) is 13.3. The fourth-order valence-corrected chi connectivity index (χ4v) is 8.01. The Morgan fingerprint density at radius 3 is 2.16 bits per heavy atom. The van der Waals surface area contributed by atoms with Crippen LogP contribution in [0.15, 0.2) is 78.9 Å². The number of hydrogen-bond acceptors (Lipinski definition) is 6. The van der Waals surface area contributed by atoms with Gasteiger partial charge in [-0.05, 0) is 40.7 Å². The normalized spacial score (nSPS) is 21.2. The van der Waals surface area contributed by atoms with Gasteiger partial charge in [0, 0.05) is 10.7 Å². The number of amides is 1. The predicted molar refractivity (Wildman–Crippen MR) is 175 cm³/mol. The van der Waals surface area contributed by atoms with E-state index >= 15 is 0 Å². The summed E-state index contributed by atoms with van der Waals surface area (Å²) in [6.07, 6.45) is 3.74. The Kier molecular flexibility index (Phi) is 9.18. The number of epoxide rings is 1. The van der Waals surface area contributed by atoms with Crippen LogP contribution in [0.5, 0.6) is 0 Å². The third-order valence-corrected chi connectivity index (χ3v) is 10.3. The number of fused-ring (bicyclic) bond motifs is 3. The average Bonchev–Trinajstić information content (AvgIpc) is 3.77. The average molecular weight is 614 g/mol. The van der Waals surface area contributed by atoms with E-state index in [-0.39, 0.29) is 41.2 Å². The Hall–Kier alpha value is -3.13. The van der Waals surface area contributed by atoms with Crippen LogP contribution < -0.4 is 5.32 Å². The minimum atomic E-state index is -0.540. The second-order valence-corrected chi connectivity index (χ2v) is 15.1. The number of rotatable bonds is 10. The van der Waals surface area contributed by atoms with Crippen molar-refractivity contribution in [3.8, 4) is 11.1 Å². The van der Waals surface area contributed by atoms with Gasteiger partial charge in [0.15, 0.2) is 5.12 Å². The van der Waals surface area contributed by atoms with Gasteiger partial charge in [0.25, 0.3) is 0 Å². The zero-order valence-corrected chi connectivity index (χ0v) is 26.7. The van der Waals surface area contributed by atoms with Crippen LogP contribution >= 0.6 is 11.8 Å². The van der Waals surface area contributed by atoms with Crippen molar-refractivity contribution in [2.45, 2.75) is 88.4 Å². The molecule has 3 aromatic rings. The van der Waals surface area contributed by atoms with Crippen molar-refractivity contribution < 1.29 is 23.8 Å². The van der Waals surface area contributed by atoms with Crippen LogP contribution in [0.1, 0.15) is 75.5 Å². The summed E-state index contributed by atoms with van der Waals surface area (Å²) in [4.78, 5) is 27.2. The molecule has 232 valence electrons. The first-order valence-corrected chi connectivity index (χ1v) is 16.7. The van der Waals surface area contributed by atoms with Crippen molar-refractivity contribution in [1.29, 1.82) is 0 Å². The highest BCUT2D eigenvalue weighted by molar-refractivity contribution is 8.14. The van der Waals surface area contributed by atoms with Crippen molar-refractivity contribution in [3.63, 3.8) is 0 Å². The second kappa shape index (κ2) is 13.1. The summed E-state index contributed by atoms with van der Waals surface area (Å²) in [5, 5.41) is 3.29. The van der Waals surface area contributed by atoms with Crippen LogP contribution in [0.2, 0.25) is 0 Å². The van der Waals surface area contributed by atoms with Gasteiger partial charge in [0.05, 0.1) is 30.8 Å². The molecule has 1 N–H and O–H groups in total. The van der Waals surface area contributed by atoms with Crippen molar-refractivity contribution in [2.24, 2.45) is 5.41 Å². The molecule has 0 bridgehead atoms. The molecule has 1 saturated heterocycles. The molecule has 0 unspecified atom stereocenters. The first-order valence-electron chi connectivity index (χ1n) is 15.9. The summed E-state index contributed by atoms with van der Waals surface area (Å²) < 4.78 is 18.2. The van der Waals surface area contributed by atoms with E-state index in [9.17, 15) is 9.59 Å². The van der Waals surface area contributed by atoms with Crippen LogP contribution in [0, 0.1) is 5.41 Å². The molecule has 3 aromatic carbocycles. The summed E-state index contributed by atoms with van der Waals surface area (Å²) in [5.74, 6) is -0.0246. The lowest BCUT2D eigenvalue weighted by molar-refractivity contribution is -0.122. The molecule has 0 aromatic heterocycles. The van der Waals surface area contributed by atoms with Gasteiger partial charge in [-0.2, -0.15) is 0 Å². The number of alkyl carbamates (subject to hydrolysis) is 1. The van der Waals surface area contributed by atoms with Gasteiger partial charge < -0.3 is 19.5 Å². The lowest BCUT2D eigenvalue weighted by Crippen LogP contribution is -2.47. The Bertz CT molecular complexity index is 1420. The summed E-state index contributed by atoms with van der Waals surface area (Å²) >= 11 is 1.42. The zero-order chi connectivity index (χ0) is 30.7. The molecular formula is C37H43NO5S. The number of thioether (sulfide) groups is 1. The number of hydrogen-bond donors (Lipinski definition) is 1. The maximum atomic E-state index is 13.8. The molecule has 2 aliphatic carbocycles. The summed E-state index contributed by atoms with van der Waals surface area (Å²) in [5.41, 5.74) is 5.23. The third kappa shape index (κ3) is 6.75. The standard InChI is InChI=1S/C37H43NO5S/c1-36(2,3)44-34(39)37(20-12-5-13-21-37)33-32(43-33)31(24-41-22-25-14-6-4-7-15-25)38-35(40)42-23-30-28-18-10-8-16-26(28)27-17-9-11-19-29(27)30/h4,6-11,14-19,30-33H,5,12-13,20-24H2,1-3H3,(H,38,40)/t31-,32+,33+/m0/s1. The van der Waals surface area contributed by atoms with Gasteiger partial charge in [-0.3, -0.25) is 4.79 Å². The van der Waals surface area contributed by atoms with Gasteiger partial charge in [-0.25, -0.2) is 4.79 Å². The quantitative estimate of drug-likeness (QED) is 0.234. The van der Waals surface area contributed by atoms with Crippen LogP contribution in [0.25, 0.3) is 11.1 Å². The number of ether oxygens (including phenoxy) is 3. The molecular weight excluding hydrogens is 570 g/mol. The molecule has 1 amide bonds. The van der Waals surface area contributed by atoms with E-state index in [2.05, 4.69) is 50.4 Å².